The number of halogens is 5. The van der Waals surface area contributed by atoms with Gasteiger partial charge in [0.2, 0.25) is 0 Å². The zero-order valence-corrected chi connectivity index (χ0v) is 9.38. The van der Waals surface area contributed by atoms with Gasteiger partial charge in [-0.2, -0.15) is 0 Å². The lowest BCUT2D eigenvalue weighted by atomic mass is 9.62. The predicted octanol–water partition coefficient (Wildman–Crippen LogP) is 3.29. The lowest BCUT2D eigenvalue weighted by Crippen LogP contribution is -2.32. The zero-order valence-electron chi connectivity index (χ0n) is 9.38. The van der Waals surface area contributed by atoms with Crippen molar-refractivity contribution in [2.24, 2.45) is 0 Å². The fourth-order valence-electron chi connectivity index (χ4n) is 1.67. The molecule has 1 rings (SSSR count). The molecule has 92 valence electrons. The molecule has 6 heteroatoms. The first-order chi connectivity index (χ1) is 7.80. The first-order valence-corrected chi connectivity index (χ1v) is 4.98. The Balaban J connectivity index is 3.65. The standard InChI is InChI=1S/C11H10BF5/c1-3-11(12,4-13)6-5(2)7(14)9(16)10(17)8(6)15/h3-4H2,1-2H3. The molecule has 0 aliphatic carbocycles. The summed E-state index contributed by atoms with van der Waals surface area (Å²) >= 11 is 0. The molecular weight excluding hydrogens is 238 g/mol. The minimum absolute atomic E-state index is 0.0776. The van der Waals surface area contributed by atoms with E-state index in [0.717, 1.165) is 6.92 Å². The monoisotopic (exact) mass is 248 g/mol. The Morgan fingerprint density at radius 1 is 1.00 bits per heavy atom. The molecule has 2 radical (unpaired) electrons. The summed E-state index contributed by atoms with van der Waals surface area (Å²) in [4.78, 5) is 0. The van der Waals surface area contributed by atoms with E-state index in [-0.39, 0.29) is 6.42 Å². The lowest BCUT2D eigenvalue weighted by Gasteiger charge is -2.28. The van der Waals surface area contributed by atoms with Crippen LogP contribution in [0.4, 0.5) is 22.0 Å². The summed E-state index contributed by atoms with van der Waals surface area (Å²) < 4.78 is 65.6. The van der Waals surface area contributed by atoms with Crippen molar-refractivity contribution in [3.05, 3.63) is 34.4 Å². The van der Waals surface area contributed by atoms with Gasteiger partial charge in [-0.25, -0.2) is 17.6 Å². The van der Waals surface area contributed by atoms with E-state index < -0.39 is 46.4 Å². The lowest BCUT2D eigenvalue weighted by molar-refractivity contribution is 0.351. The van der Waals surface area contributed by atoms with Gasteiger partial charge in [-0.3, -0.25) is 4.39 Å². The maximum Gasteiger partial charge on any atom is 0.197 e. The highest BCUT2D eigenvalue weighted by Gasteiger charge is 2.34. The van der Waals surface area contributed by atoms with Crippen LogP contribution in [0.3, 0.4) is 0 Å². The highest BCUT2D eigenvalue weighted by atomic mass is 19.2. The van der Waals surface area contributed by atoms with E-state index in [9.17, 15) is 22.0 Å². The van der Waals surface area contributed by atoms with E-state index in [4.69, 9.17) is 7.85 Å². The number of alkyl halides is 1. The second kappa shape index (κ2) is 4.66. The average Bonchev–Trinajstić information content (AvgIpc) is 2.33. The molecule has 17 heavy (non-hydrogen) atoms. The van der Waals surface area contributed by atoms with Crippen LogP contribution in [0.25, 0.3) is 0 Å². The predicted molar refractivity (Wildman–Crippen MR) is 54.7 cm³/mol. The summed E-state index contributed by atoms with van der Waals surface area (Å²) in [5.74, 6) is -7.07. The largest absolute Gasteiger partial charge is 0.251 e. The molecule has 1 aromatic carbocycles. The topological polar surface area (TPSA) is 0 Å². The number of rotatable bonds is 3. The van der Waals surface area contributed by atoms with Gasteiger partial charge in [-0.05, 0) is 23.4 Å². The van der Waals surface area contributed by atoms with Gasteiger partial charge in [0.25, 0.3) is 0 Å². The van der Waals surface area contributed by atoms with Crippen LogP contribution in [-0.2, 0) is 5.31 Å². The first-order valence-electron chi connectivity index (χ1n) is 4.98. The van der Waals surface area contributed by atoms with Crippen molar-refractivity contribution in [3.63, 3.8) is 0 Å². The highest BCUT2D eigenvalue weighted by Crippen LogP contribution is 2.34. The van der Waals surface area contributed by atoms with Gasteiger partial charge < -0.3 is 0 Å². The van der Waals surface area contributed by atoms with E-state index in [0.29, 0.717) is 0 Å². The van der Waals surface area contributed by atoms with Crippen molar-refractivity contribution in [2.45, 2.75) is 25.6 Å². The third-order valence-electron chi connectivity index (χ3n) is 2.87. The summed E-state index contributed by atoms with van der Waals surface area (Å²) in [5.41, 5.74) is -1.16. The number of hydrogen-bond acceptors (Lipinski definition) is 0. The van der Waals surface area contributed by atoms with E-state index in [1.807, 2.05) is 0 Å². The molecule has 0 amide bonds. The molecular formula is C11H10BF5. The molecule has 0 fully saturated rings. The Bertz CT molecular complexity index is 411. The summed E-state index contributed by atoms with van der Waals surface area (Å²) in [6.45, 7) is 1.27. The molecule has 0 aliphatic rings. The van der Waals surface area contributed by atoms with Gasteiger partial charge in [0.05, 0.1) is 14.5 Å². The molecule has 0 saturated carbocycles. The van der Waals surface area contributed by atoms with Crippen LogP contribution in [-0.4, -0.2) is 14.5 Å². The van der Waals surface area contributed by atoms with E-state index in [2.05, 4.69) is 0 Å². The van der Waals surface area contributed by atoms with Crippen LogP contribution in [0.5, 0.6) is 0 Å². The van der Waals surface area contributed by atoms with Crippen molar-refractivity contribution >= 4 is 7.85 Å². The Labute approximate surface area is 97.2 Å². The van der Waals surface area contributed by atoms with Crippen molar-refractivity contribution in [3.8, 4) is 0 Å². The molecule has 1 atom stereocenters. The third kappa shape index (κ3) is 2.05. The van der Waals surface area contributed by atoms with Gasteiger partial charge in [0.1, 0.15) is 0 Å². The molecule has 1 aromatic rings. The maximum atomic E-state index is 13.5. The Kier molecular flexibility index (Phi) is 3.84. The van der Waals surface area contributed by atoms with E-state index in [1.54, 1.807) is 0 Å². The molecule has 0 N–H and O–H groups in total. The SMILES string of the molecule is [B]C(CC)(CF)c1c(C)c(F)c(F)c(F)c1F. The van der Waals surface area contributed by atoms with Crippen molar-refractivity contribution in [2.75, 3.05) is 6.67 Å². The van der Waals surface area contributed by atoms with E-state index in [1.165, 1.54) is 6.92 Å². The zero-order chi connectivity index (χ0) is 13.4. The van der Waals surface area contributed by atoms with E-state index >= 15 is 0 Å². The second-order valence-electron chi connectivity index (χ2n) is 3.90. The highest BCUT2D eigenvalue weighted by molar-refractivity contribution is 6.16. The van der Waals surface area contributed by atoms with Crippen molar-refractivity contribution in [1.82, 2.24) is 0 Å². The molecule has 1 unspecified atom stereocenters. The third-order valence-corrected chi connectivity index (χ3v) is 2.87. The van der Waals surface area contributed by atoms with Gasteiger partial charge >= 0.3 is 0 Å². The van der Waals surface area contributed by atoms with Crippen LogP contribution in [0.1, 0.15) is 24.5 Å². The van der Waals surface area contributed by atoms with Crippen LogP contribution in [0, 0.1) is 30.2 Å². The fourth-order valence-corrected chi connectivity index (χ4v) is 1.67. The molecule has 0 aromatic heterocycles. The molecule has 0 heterocycles. The minimum atomic E-state index is -1.97. The fraction of sp³-hybridized carbons (Fsp3) is 0.455. The molecule has 0 saturated heterocycles. The summed E-state index contributed by atoms with van der Waals surface area (Å²) in [6, 6.07) is 0. The van der Waals surface area contributed by atoms with Gasteiger partial charge in [0, 0.05) is 0 Å². The maximum absolute atomic E-state index is 13.5. The van der Waals surface area contributed by atoms with Crippen LogP contribution in [0.15, 0.2) is 0 Å². The van der Waals surface area contributed by atoms with Crippen LogP contribution < -0.4 is 0 Å². The molecule has 0 spiro atoms. The Morgan fingerprint density at radius 3 is 1.88 bits per heavy atom. The quantitative estimate of drug-likeness (QED) is 0.333. The second-order valence-corrected chi connectivity index (χ2v) is 3.90. The van der Waals surface area contributed by atoms with Crippen LogP contribution >= 0.6 is 0 Å². The normalized spacial score (nSPS) is 14.8. The number of benzene rings is 1. The Hall–Kier alpha value is -1.07. The Morgan fingerprint density at radius 2 is 1.47 bits per heavy atom. The van der Waals surface area contributed by atoms with Gasteiger partial charge in [-0.15, -0.1) is 0 Å². The summed E-state index contributed by atoms with van der Waals surface area (Å²) in [5, 5.41) is -1.86. The van der Waals surface area contributed by atoms with Gasteiger partial charge in [0.15, 0.2) is 23.3 Å². The van der Waals surface area contributed by atoms with Crippen molar-refractivity contribution < 1.29 is 22.0 Å². The van der Waals surface area contributed by atoms with Crippen LogP contribution in [0.2, 0.25) is 0 Å². The summed E-state index contributed by atoms with van der Waals surface area (Å²) in [6.07, 6.45) is -0.0776. The average molecular weight is 248 g/mol. The minimum Gasteiger partial charge on any atom is -0.251 e. The molecule has 0 aliphatic heterocycles. The molecule has 0 bridgehead atoms. The summed E-state index contributed by atoms with van der Waals surface area (Å²) in [7, 11) is 5.54. The smallest absolute Gasteiger partial charge is 0.197 e. The van der Waals surface area contributed by atoms with Crippen molar-refractivity contribution in [1.29, 1.82) is 0 Å². The number of hydrogen-bond donors (Lipinski definition) is 0. The molecule has 0 nitrogen and oxygen atoms in total. The van der Waals surface area contributed by atoms with Gasteiger partial charge in [-0.1, -0.05) is 13.3 Å². The first kappa shape index (κ1) is 14.0.